The summed E-state index contributed by atoms with van der Waals surface area (Å²) in [5, 5.41) is 16.9. The first kappa shape index (κ1) is 14.4. The normalized spacial score (nSPS) is 11.9. The molecule has 2 N–H and O–H groups in total. The van der Waals surface area contributed by atoms with E-state index in [-0.39, 0.29) is 21.4 Å². The van der Waals surface area contributed by atoms with Gasteiger partial charge in [-0.15, -0.1) is 5.11 Å². The van der Waals surface area contributed by atoms with Gasteiger partial charge in [-0.1, -0.05) is 11.6 Å². The highest BCUT2D eigenvalue weighted by Gasteiger charge is 2.11. The third kappa shape index (κ3) is 3.53. The smallest absolute Gasteiger partial charge is 0.294 e. The lowest BCUT2D eigenvalue weighted by molar-refractivity contribution is 0.475. The predicted molar refractivity (Wildman–Crippen MR) is 73.5 cm³/mol. The Hall–Kier alpha value is -1.96. The summed E-state index contributed by atoms with van der Waals surface area (Å²) in [5.74, 6) is 0.111. The first-order valence-corrected chi connectivity index (χ1v) is 7.16. The van der Waals surface area contributed by atoms with Gasteiger partial charge in [0.2, 0.25) is 0 Å². The molecule has 0 saturated carbocycles. The molecule has 0 bridgehead atoms. The van der Waals surface area contributed by atoms with Crippen molar-refractivity contribution < 1.29 is 18.1 Å². The van der Waals surface area contributed by atoms with Crippen LogP contribution < -0.4 is 0 Å². The van der Waals surface area contributed by atoms with E-state index in [0.717, 1.165) is 6.07 Å². The van der Waals surface area contributed by atoms with E-state index >= 15 is 0 Å². The van der Waals surface area contributed by atoms with Gasteiger partial charge in [0.15, 0.2) is 0 Å². The van der Waals surface area contributed by atoms with Gasteiger partial charge >= 0.3 is 0 Å². The first-order chi connectivity index (χ1) is 9.36. The average Bonchev–Trinajstić information content (AvgIpc) is 2.38. The Bertz CT molecular complexity index is 758. The Morgan fingerprint density at radius 2 is 1.65 bits per heavy atom. The summed E-state index contributed by atoms with van der Waals surface area (Å²) in [5.41, 5.74) is 0.755. The van der Waals surface area contributed by atoms with Crippen LogP contribution in [0, 0.1) is 0 Å². The van der Waals surface area contributed by atoms with E-state index in [1.54, 1.807) is 12.1 Å². The molecule has 2 rings (SSSR count). The fraction of sp³-hybridized carbons (Fsp3) is 0. The Labute approximate surface area is 120 Å². The molecular formula is C12H9ClN2O4S. The third-order valence-electron chi connectivity index (χ3n) is 2.34. The van der Waals surface area contributed by atoms with Crippen molar-refractivity contribution in [3.8, 4) is 5.75 Å². The van der Waals surface area contributed by atoms with Gasteiger partial charge in [-0.3, -0.25) is 4.55 Å². The minimum Gasteiger partial charge on any atom is -0.508 e. The predicted octanol–water partition coefficient (Wildman–Crippen LogP) is 3.71. The third-order valence-corrected chi connectivity index (χ3v) is 3.49. The standard InChI is InChI=1S/C12H9ClN2O4S/c13-11-7-10(20(17,18)19)5-6-12(11)15-14-8-1-3-9(16)4-2-8/h1-7,16H,(H,17,18,19). The van der Waals surface area contributed by atoms with Crippen LogP contribution in [0.4, 0.5) is 11.4 Å². The number of hydrogen-bond acceptors (Lipinski definition) is 5. The zero-order chi connectivity index (χ0) is 14.8. The monoisotopic (exact) mass is 312 g/mol. The lowest BCUT2D eigenvalue weighted by atomic mass is 10.3. The number of phenolic OH excluding ortho intramolecular Hbond substituents is 1. The van der Waals surface area contributed by atoms with Crippen LogP contribution in [0.5, 0.6) is 5.75 Å². The zero-order valence-electron chi connectivity index (χ0n) is 9.93. The molecule has 0 aliphatic rings. The summed E-state index contributed by atoms with van der Waals surface area (Å²) in [4.78, 5) is -0.314. The van der Waals surface area contributed by atoms with E-state index < -0.39 is 10.1 Å². The van der Waals surface area contributed by atoms with Crippen molar-refractivity contribution in [2.45, 2.75) is 4.90 Å². The average molecular weight is 313 g/mol. The van der Waals surface area contributed by atoms with E-state index in [1.165, 1.54) is 24.3 Å². The van der Waals surface area contributed by atoms with Crippen LogP contribution in [0.3, 0.4) is 0 Å². The van der Waals surface area contributed by atoms with Gasteiger partial charge in [0, 0.05) is 0 Å². The fourth-order valence-corrected chi connectivity index (χ4v) is 2.15. The van der Waals surface area contributed by atoms with Gasteiger partial charge in [0.1, 0.15) is 11.4 Å². The highest BCUT2D eigenvalue weighted by atomic mass is 35.5. The molecule has 0 aromatic heterocycles. The number of hydrogen-bond donors (Lipinski definition) is 2. The number of aromatic hydroxyl groups is 1. The molecule has 0 fully saturated rings. The molecule has 0 amide bonds. The van der Waals surface area contributed by atoms with Crippen molar-refractivity contribution in [3.63, 3.8) is 0 Å². The van der Waals surface area contributed by atoms with Crippen molar-refractivity contribution in [2.75, 3.05) is 0 Å². The van der Waals surface area contributed by atoms with Crippen molar-refractivity contribution in [3.05, 3.63) is 47.5 Å². The Balaban J connectivity index is 2.28. The molecule has 0 spiro atoms. The van der Waals surface area contributed by atoms with Gasteiger partial charge in [-0.25, -0.2) is 0 Å². The second-order valence-corrected chi connectivity index (χ2v) is 5.63. The van der Waals surface area contributed by atoms with E-state index in [2.05, 4.69) is 10.2 Å². The molecule has 0 heterocycles. The lowest BCUT2D eigenvalue weighted by Crippen LogP contribution is -1.97. The van der Waals surface area contributed by atoms with E-state index in [0.29, 0.717) is 5.69 Å². The summed E-state index contributed by atoms with van der Waals surface area (Å²) < 4.78 is 30.7. The summed E-state index contributed by atoms with van der Waals surface area (Å²) in [7, 11) is -4.30. The quantitative estimate of drug-likeness (QED) is 0.666. The second kappa shape index (κ2) is 5.58. The van der Waals surface area contributed by atoms with Crippen LogP contribution in [0.15, 0.2) is 57.6 Å². The first-order valence-electron chi connectivity index (χ1n) is 5.34. The molecule has 0 aliphatic heterocycles. The number of phenols is 1. The summed E-state index contributed by atoms with van der Waals surface area (Å²) >= 11 is 5.86. The Morgan fingerprint density at radius 3 is 2.20 bits per heavy atom. The number of nitrogens with zero attached hydrogens (tertiary/aromatic N) is 2. The minimum absolute atomic E-state index is 0.0441. The van der Waals surface area contributed by atoms with Crippen LogP contribution >= 0.6 is 11.6 Å². The van der Waals surface area contributed by atoms with Crippen molar-refractivity contribution in [1.29, 1.82) is 0 Å². The number of benzene rings is 2. The SMILES string of the molecule is O=S(=O)(O)c1ccc(N=Nc2ccc(O)cc2)c(Cl)c1. The maximum atomic E-state index is 10.9. The van der Waals surface area contributed by atoms with Crippen molar-refractivity contribution >= 4 is 33.1 Å². The highest BCUT2D eigenvalue weighted by molar-refractivity contribution is 7.85. The Kier molecular flexibility index (Phi) is 4.03. The second-order valence-electron chi connectivity index (χ2n) is 3.80. The van der Waals surface area contributed by atoms with E-state index in [1.807, 2.05) is 0 Å². The number of rotatable bonds is 3. The maximum Gasteiger partial charge on any atom is 0.294 e. The van der Waals surface area contributed by atoms with Crippen molar-refractivity contribution in [1.82, 2.24) is 0 Å². The molecule has 104 valence electrons. The van der Waals surface area contributed by atoms with Crippen LogP contribution in [0.1, 0.15) is 0 Å². The molecule has 0 unspecified atom stereocenters. The van der Waals surface area contributed by atoms with Gasteiger partial charge in [0.25, 0.3) is 10.1 Å². The molecule has 6 nitrogen and oxygen atoms in total. The highest BCUT2D eigenvalue weighted by Crippen LogP contribution is 2.29. The largest absolute Gasteiger partial charge is 0.508 e. The van der Waals surface area contributed by atoms with Gasteiger partial charge in [-0.05, 0) is 42.5 Å². The van der Waals surface area contributed by atoms with Gasteiger partial charge in [-0.2, -0.15) is 13.5 Å². The molecule has 0 saturated heterocycles. The van der Waals surface area contributed by atoms with E-state index in [9.17, 15) is 8.42 Å². The van der Waals surface area contributed by atoms with Crippen LogP contribution in [0.2, 0.25) is 5.02 Å². The summed E-state index contributed by atoms with van der Waals surface area (Å²) in [6.07, 6.45) is 0. The molecule has 0 radical (unpaired) electrons. The molecule has 8 heteroatoms. The van der Waals surface area contributed by atoms with Crippen LogP contribution in [-0.4, -0.2) is 18.1 Å². The zero-order valence-corrected chi connectivity index (χ0v) is 11.5. The fourth-order valence-electron chi connectivity index (χ4n) is 1.36. The molecule has 0 atom stereocenters. The molecule has 2 aromatic rings. The van der Waals surface area contributed by atoms with Crippen LogP contribution in [-0.2, 0) is 10.1 Å². The van der Waals surface area contributed by atoms with E-state index in [4.69, 9.17) is 21.3 Å². The van der Waals surface area contributed by atoms with Gasteiger partial charge < -0.3 is 5.11 Å². The molecule has 0 aliphatic carbocycles. The summed E-state index contributed by atoms with van der Waals surface area (Å²) in [6.45, 7) is 0. The topological polar surface area (TPSA) is 99.3 Å². The summed E-state index contributed by atoms with van der Waals surface area (Å²) in [6, 6.07) is 9.61. The maximum absolute atomic E-state index is 10.9. The molecule has 2 aromatic carbocycles. The minimum atomic E-state index is -4.30. The van der Waals surface area contributed by atoms with Gasteiger partial charge in [0.05, 0.1) is 15.6 Å². The number of azo groups is 1. The van der Waals surface area contributed by atoms with Crippen molar-refractivity contribution in [2.24, 2.45) is 10.2 Å². The molecule has 20 heavy (non-hydrogen) atoms. The molecular weight excluding hydrogens is 304 g/mol. The number of halogens is 1. The lowest BCUT2D eigenvalue weighted by Gasteiger charge is -2.00. The van der Waals surface area contributed by atoms with Crippen LogP contribution in [0.25, 0.3) is 0 Å². The Morgan fingerprint density at radius 1 is 1.00 bits per heavy atom.